The van der Waals surface area contributed by atoms with Crippen LogP contribution in [0.5, 0.6) is 11.5 Å². The van der Waals surface area contributed by atoms with Crippen molar-refractivity contribution in [2.45, 2.75) is 140 Å². The Labute approximate surface area is 394 Å². The molecule has 1 aliphatic heterocycles. The summed E-state index contributed by atoms with van der Waals surface area (Å²) in [6, 6.07) is 41.8. The number of aliphatic hydroxyl groups is 2. The standard InChI is InChI=1S/C55H67F2NO9/c1-40(59)51(61)48(58-50(60)26-18-7-5-3-2-4-6-11-19-41-27-31-46(32-28-41)66-47-33-29-45(57)30-34-47)39-65-55-54(64-38-44-24-16-10-17-25-44)53(63-37-43-22-14-9-15-23-43)52(49(35-56)67-55)62-36-42-20-12-8-13-21-42/h8-10,12-17,20-25,27-34,40,48-49,51-55,59,61H,2-7,11,18-19,26,35-39H2,1H3,(H,58,60)/t40-,48+,49?,51-,52-,53?,54?,55+/m1/s1. The van der Waals surface area contributed by atoms with Crippen LogP contribution in [0.2, 0.25) is 0 Å². The normalized spacial score (nSPS) is 19.6. The molecule has 3 N–H and O–H groups in total. The van der Waals surface area contributed by atoms with Gasteiger partial charge in [0.05, 0.1) is 38.6 Å². The van der Waals surface area contributed by atoms with Gasteiger partial charge in [0, 0.05) is 6.42 Å². The molecule has 0 saturated carbocycles. The number of aliphatic hydroxyl groups excluding tert-OH is 2. The van der Waals surface area contributed by atoms with E-state index in [9.17, 15) is 19.4 Å². The number of halogens is 2. The van der Waals surface area contributed by atoms with Crippen LogP contribution in [0.1, 0.15) is 87.0 Å². The van der Waals surface area contributed by atoms with E-state index in [1.54, 1.807) is 12.1 Å². The van der Waals surface area contributed by atoms with Gasteiger partial charge in [-0.2, -0.15) is 0 Å². The maximum absolute atomic E-state index is 15.0. The molecule has 5 aromatic carbocycles. The Bertz CT molecular complexity index is 2100. The Morgan fingerprint density at radius 1 is 0.597 bits per heavy atom. The van der Waals surface area contributed by atoms with Gasteiger partial charge in [0.15, 0.2) is 6.29 Å². The first kappa shape index (κ1) is 51.3. The van der Waals surface area contributed by atoms with Crippen LogP contribution in [0.25, 0.3) is 0 Å². The lowest BCUT2D eigenvalue weighted by atomic mass is 9.98. The molecule has 10 nitrogen and oxygen atoms in total. The summed E-state index contributed by atoms with van der Waals surface area (Å²) in [7, 11) is 0. The molecule has 1 heterocycles. The van der Waals surface area contributed by atoms with Gasteiger partial charge in [0.25, 0.3) is 0 Å². The van der Waals surface area contributed by atoms with Crippen LogP contribution in [0.15, 0.2) is 140 Å². The van der Waals surface area contributed by atoms with Crippen molar-refractivity contribution in [3.05, 3.63) is 168 Å². The molecule has 1 aliphatic rings. The fourth-order valence-electron chi connectivity index (χ4n) is 8.08. The largest absolute Gasteiger partial charge is 0.457 e. The van der Waals surface area contributed by atoms with Gasteiger partial charge in [-0.15, -0.1) is 0 Å². The summed E-state index contributed by atoms with van der Waals surface area (Å²) in [6.07, 6.45) is 1.88. The number of alkyl halides is 1. The van der Waals surface area contributed by atoms with Gasteiger partial charge < -0.3 is 44.0 Å². The number of carbonyl (C=O) groups is 1. The summed E-state index contributed by atoms with van der Waals surface area (Å²) < 4.78 is 66.2. The number of carbonyl (C=O) groups excluding carboxylic acids is 1. The monoisotopic (exact) mass is 923 g/mol. The van der Waals surface area contributed by atoms with Crippen LogP contribution in [-0.4, -0.2) is 78.4 Å². The highest BCUT2D eigenvalue weighted by atomic mass is 19.1. The zero-order valence-corrected chi connectivity index (χ0v) is 38.5. The SMILES string of the molecule is C[C@@H](O)[C@@H](O)[C@H](CO[C@H]1OC(CF)[C@@H](OCc2ccccc2)C(OCc2ccccc2)C1OCc1ccccc1)NC(=O)CCCCCCCCCCc1ccc(Oc2ccc(F)cc2)cc1. The number of ether oxygens (including phenoxy) is 6. The Hall–Kier alpha value is -5.05. The molecule has 12 heteroatoms. The maximum atomic E-state index is 15.0. The van der Waals surface area contributed by atoms with E-state index in [0.29, 0.717) is 12.2 Å². The molecule has 0 bridgehead atoms. The van der Waals surface area contributed by atoms with Crippen LogP contribution in [0, 0.1) is 5.82 Å². The summed E-state index contributed by atoms with van der Waals surface area (Å²) in [6.45, 7) is 0.809. The highest BCUT2D eigenvalue weighted by molar-refractivity contribution is 5.76. The molecule has 1 amide bonds. The van der Waals surface area contributed by atoms with E-state index in [4.69, 9.17) is 28.4 Å². The van der Waals surface area contributed by atoms with Crippen molar-refractivity contribution in [1.29, 1.82) is 0 Å². The van der Waals surface area contributed by atoms with Crippen molar-refractivity contribution in [2.75, 3.05) is 13.3 Å². The third kappa shape index (κ3) is 17.5. The second kappa shape index (κ2) is 28.3. The Morgan fingerprint density at radius 2 is 1.07 bits per heavy atom. The van der Waals surface area contributed by atoms with Gasteiger partial charge in [-0.25, -0.2) is 8.78 Å². The minimum atomic E-state index is -1.36. The number of unbranched alkanes of at least 4 members (excludes halogenated alkanes) is 7. The minimum absolute atomic E-state index is 0.163. The maximum Gasteiger partial charge on any atom is 0.220 e. The molecular formula is C55H67F2NO9. The molecule has 6 rings (SSSR count). The van der Waals surface area contributed by atoms with E-state index >= 15 is 4.39 Å². The van der Waals surface area contributed by atoms with Crippen LogP contribution in [-0.2, 0) is 54.7 Å². The van der Waals surface area contributed by atoms with Gasteiger partial charge in [0.2, 0.25) is 5.91 Å². The molecular weight excluding hydrogens is 857 g/mol. The molecule has 5 aromatic rings. The first-order chi connectivity index (χ1) is 32.7. The average molecular weight is 924 g/mol. The highest BCUT2D eigenvalue weighted by Gasteiger charge is 2.49. The van der Waals surface area contributed by atoms with Crippen LogP contribution in [0.4, 0.5) is 8.78 Å². The fraction of sp³-hybridized carbons (Fsp3) is 0.436. The fourth-order valence-corrected chi connectivity index (χ4v) is 8.08. The van der Waals surface area contributed by atoms with Crippen LogP contribution in [0.3, 0.4) is 0 Å². The van der Waals surface area contributed by atoms with E-state index in [1.807, 2.05) is 103 Å². The third-order valence-electron chi connectivity index (χ3n) is 11.9. The number of nitrogens with one attached hydrogen (secondary N) is 1. The second-order valence-corrected chi connectivity index (χ2v) is 17.2. The lowest BCUT2D eigenvalue weighted by molar-refractivity contribution is -0.326. The van der Waals surface area contributed by atoms with Gasteiger partial charge in [0.1, 0.15) is 54.5 Å². The molecule has 0 aromatic heterocycles. The first-order valence-corrected chi connectivity index (χ1v) is 23.7. The average Bonchev–Trinajstić information content (AvgIpc) is 3.35. The summed E-state index contributed by atoms with van der Waals surface area (Å²) in [4.78, 5) is 13.3. The van der Waals surface area contributed by atoms with Crippen molar-refractivity contribution in [3.63, 3.8) is 0 Å². The predicted octanol–water partition coefficient (Wildman–Crippen LogP) is 10.4. The van der Waals surface area contributed by atoms with Crippen molar-refractivity contribution in [3.8, 4) is 11.5 Å². The molecule has 8 atom stereocenters. The van der Waals surface area contributed by atoms with E-state index in [2.05, 4.69) is 17.4 Å². The Morgan fingerprint density at radius 3 is 1.60 bits per heavy atom. The number of rotatable bonds is 29. The van der Waals surface area contributed by atoms with Crippen molar-refractivity contribution in [1.82, 2.24) is 5.32 Å². The second-order valence-electron chi connectivity index (χ2n) is 17.2. The number of hydrogen-bond donors (Lipinski definition) is 3. The zero-order valence-electron chi connectivity index (χ0n) is 38.5. The van der Waals surface area contributed by atoms with Gasteiger partial charge in [-0.3, -0.25) is 4.79 Å². The minimum Gasteiger partial charge on any atom is -0.457 e. The smallest absolute Gasteiger partial charge is 0.220 e. The Kier molecular flexibility index (Phi) is 21.7. The lowest BCUT2D eigenvalue weighted by Crippen LogP contribution is -2.62. The predicted molar refractivity (Wildman–Crippen MR) is 253 cm³/mol. The first-order valence-electron chi connectivity index (χ1n) is 23.7. The quantitative estimate of drug-likeness (QED) is 0.0402. The number of benzene rings is 5. The van der Waals surface area contributed by atoms with Crippen molar-refractivity contribution >= 4 is 5.91 Å². The molecule has 0 radical (unpaired) electrons. The molecule has 1 fully saturated rings. The number of amides is 1. The molecule has 0 aliphatic carbocycles. The highest BCUT2D eigenvalue weighted by Crippen LogP contribution is 2.32. The third-order valence-corrected chi connectivity index (χ3v) is 11.9. The van der Waals surface area contributed by atoms with Crippen molar-refractivity contribution in [2.24, 2.45) is 0 Å². The van der Waals surface area contributed by atoms with Gasteiger partial charge >= 0.3 is 0 Å². The summed E-state index contributed by atoms with van der Waals surface area (Å²) >= 11 is 0. The molecule has 1 saturated heterocycles. The summed E-state index contributed by atoms with van der Waals surface area (Å²) in [5.41, 5.74) is 3.93. The van der Waals surface area contributed by atoms with Crippen molar-refractivity contribution < 1.29 is 52.2 Å². The van der Waals surface area contributed by atoms with Crippen LogP contribution >= 0.6 is 0 Å². The molecule has 0 spiro atoms. The summed E-state index contributed by atoms with van der Waals surface area (Å²) in [5, 5.41) is 24.4. The van der Waals surface area contributed by atoms with E-state index in [0.717, 1.165) is 73.8 Å². The molecule has 360 valence electrons. The van der Waals surface area contributed by atoms with Crippen LogP contribution < -0.4 is 10.1 Å². The van der Waals surface area contributed by atoms with Gasteiger partial charge in [-0.05, 0) is 84.8 Å². The zero-order chi connectivity index (χ0) is 47.1. The molecule has 67 heavy (non-hydrogen) atoms. The van der Waals surface area contributed by atoms with E-state index in [-0.39, 0.29) is 44.6 Å². The molecule has 3 unspecified atom stereocenters. The lowest BCUT2D eigenvalue weighted by Gasteiger charge is -2.45. The van der Waals surface area contributed by atoms with E-state index in [1.165, 1.54) is 24.6 Å². The Balaban J connectivity index is 0.979. The number of aryl methyl sites for hydroxylation is 1. The number of hydrogen-bond acceptors (Lipinski definition) is 9. The van der Waals surface area contributed by atoms with Gasteiger partial charge in [-0.1, -0.05) is 142 Å². The summed E-state index contributed by atoms with van der Waals surface area (Å²) in [5.74, 6) is 0.748. The topological polar surface area (TPSA) is 125 Å². The van der Waals surface area contributed by atoms with E-state index < -0.39 is 55.6 Å².